The fourth-order valence-corrected chi connectivity index (χ4v) is 3.21. The summed E-state index contributed by atoms with van der Waals surface area (Å²) in [5.41, 5.74) is 3.34. The highest BCUT2D eigenvalue weighted by Gasteiger charge is 2.10. The van der Waals surface area contributed by atoms with Gasteiger partial charge >= 0.3 is 0 Å². The van der Waals surface area contributed by atoms with Gasteiger partial charge in [0.05, 0.1) is 29.0 Å². The lowest BCUT2D eigenvalue weighted by Gasteiger charge is -2.11. The number of imidazole rings is 1. The Bertz CT molecular complexity index is 1250. The standard InChI is InChI=1S/C24H25N5O3/c1-16(2)31-19-7-5-6-17(12-19)27-24-28-22-14-20(8-9-23(22)29(24)3)32-21-10-11-25-18(13-21)15-26-30-4/h5-16H,1-4H3,(H,27,28)/b26-15+. The third-order valence-electron chi connectivity index (χ3n) is 4.59. The first-order chi connectivity index (χ1) is 15.5. The lowest BCUT2D eigenvalue weighted by molar-refractivity contribution is 0.215. The van der Waals surface area contributed by atoms with Gasteiger partial charge in [-0.25, -0.2) is 4.98 Å². The van der Waals surface area contributed by atoms with Gasteiger partial charge in [-0.1, -0.05) is 11.2 Å². The molecule has 0 bridgehead atoms. The van der Waals surface area contributed by atoms with E-state index in [1.807, 2.05) is 67.9 Å². The molecule has 2 aromatic heterocycles. The minimum absolute atomic E-state index is 0.114. The predicted octanol–water partition coefficient (Wildman–Crippen LogP) is 5.27. The number of pyridine rings is 1. The van der Waals surface area contributed by atoms with Gasteiger partial charge in [0.15, 0.2) is 0 Å². The molecule has 0 aliphatic heterocycles. The van der Waals surface area contributed by atoms with Gasteiger partial charge in [-0.15, -0.1) is 0 Å². The summed E-state index contributed by atoms with van der Waals surface area (Å²) >= 11 is 0. The van der Waals surface area contributed by atoms with Gasteiger partial charge in [0.1, 0.15) is 24.4 Å². The first-order valence-electron chi connectivity index (χ1n) is 10.2. The molecule has 32 heavy (non-hydrogen) atoms. The molecular weight excluding hydrogens is 406 g/mol. The van der Waals surface area contributed by atoms with Gasteiger partial charge < -0.3 is 24.2 Å². The number of nitrogens with zero attached hydrogens (tertiary/aromatic N) is 4. The maximum absolute atomic E-state index is 6.00. The largest absolute Gasteiger partial charge is 0.491 e. The highest BCUT2D eigenvalue weighted by Crippen LogP contribution is 2.29. The molecule has 2 heterocycles. The number of aryl methyl sites for hydroxylation is 1. The summed E-state index contributed by atoms with van der Waals surface area (Å²) in [6.07, 6.45) is 3.29. The molecular formula is C24H25N5O3. The molecule has 8 nitrogen and oxygen atoms in total. The van der Waals surface area contributed by atoms with Crippen LogP contribution < -0.4 is 14.8 Å². The number of hydrogen-bond acceptors (Lipinski definition) is 7. The summed E-state index contributed by atoms with van der Waals surface area (Å²) in [6, 6.07) is 17.2. The Morgan fingerprint density at radius 2 is 1.88 bits per heavy atom. The highest BCUT2D eigenvalue weighted by molar-refractivity contribution is 5.81. The number of fused-ring (bicyclic) bond motifs is 1. The van der Waals surface area contributed by atoms with Crippen molar-refractivity contribution in [3.63, 3.8) is 0 Å². The monoisotopic (exact) mass is 431 g/mol. The van der Waals surface area contributed by atoms with Crippen molar-refractivity contribution in [2.75, 3.05) is 12.4 Å². The van der Waals surface area contributed by atoms with E-state index in [1.165, 1.54) is 13.3 Å². The van der Waals surface area contributed by atoms with Crippen LogP contribution in [0.15, 0.2) is 65.9 Å². The van der Waals surface area contributed by atoms with E-state index in [9.17, 15) is 0 Å². The number of aromatic nitrogens is 3. The van der Waals surface area contributed by atoms with E-state index in [0.29, 0.717) is 17.2 Å². The van der Waals surface area contributed by atoms with Crippen LogP contribution in [0.1, 0.15) is 19.5 Å². The zero-order chi connectivity index (χ0) is 22.5. The molecule has 0 fully saturated rings. The minimum Gasteiger partial charge on any atom is -0.491 e. The van der Waals surface area contributed by atoms with Crippen LogP contribution in [0.2, 0.25) is 0 Å². The van der Waals surface area contributed by atoms with E-state index in [-0.39, 0.29) is 6.10 Å². The number of oxime groups is 1. The van der Waals surface area contributed by atoms with E-state index in [2.05, 4.69) is 15.5 Å². The van der Waals surface area contributed by atoms with Crippen molar-refractivity contribution < 1.29 is 14.3 Å². The molecule has 4 rings (SSSR count). The van der Waals surface area contributed by atoms with Crippen LogP contribution in [0, 0.1) is 0 Å². The molecule has 0 aliphatic rings. The maximum atomic E-state index is 6.00. The SMILES string of the molecule is CO/N=C/c1cc(Oc2ccc3c(c2)nc(Nc2cccc(OC(C)C)c2)n3C)ccn1. The van der Waals surface area contributed by atoms with Crippen molar-refractivity contribution in [3.8, 4) is 17.2 Å². The molecule has 8 heteroatoms. The summed E-state index contributed by atoms with van der Waals surface area (Å²) < 4.78 is 13.8. The lowest BCUT2D eigenvalue weighted by atomic mass is 10.3. The van der Waals surface area contributed by atoms with Gasteiger partial charge in [-0.05, 0) is 44.2 Å². The van der Waals surface area contributed by atoms with Crippen LogP contribution >= 0.6 is 0 Å². The van der Waals surface area contributed by atoms with E-state index >= 15 is 0 Å². The Hall–Kier alpha value is -4.07. The molecule has 0 saturated heterocycles. The van der Waals surface area contributed by atoms with Crippen LogP contribution in [0.3, 0.4) is 0 Å². The Balaban J connectivity index is 1.55. The van der Waals surface area contributed by atoms with Crippen molar-refractivity contribution in [2.24, 2.45) is 12.2 Å². The molecule has 1 N–H and O–H groups in total. The molecule has 164 valence electrons. The van der Waals surface area contributed by atoms with E-state index in [0.717, 1.165) is 28.4 Å². The fourth-order valence-electron chi connectivity index (χ4n) is 3.21. The number of anilines is 2. The summed E-state index contributed by atoms with van der Waals surface area (Å²) in [5, 5.41) is 7.09. The molecule has 4 aromatic rings. The average molecular weight is 431 g/mol. The van der Waals surface area contributed by atoms with E-state index < -0.39 is 0 Å². The highest BCUT2D eigenvalue weighted by atomic mass is 16.6. The Kier molecular flexibility index (Phi) is 6.21. The second-order valence-corrected chi connectivity index (χ2v) is 7.40. The smallest absolute Gasteiger partial charge is 0.208 e. The summed E-state index contributed by atoms with van der Waals surface area (Å²) in [6.45, 7) is 4.01. The van der Waals surface area contributed by atoms with Crippen LogP contribution in [-0.2, 0) is 11.9 Å². The molecule has 0 unspecified atom stereocenters. The number of nitrogens with one attached hydrogen (secondary N) is 1. The quantitative estimate of drug-likeness (QED) is 0.302. The number of rotatable bonds is 8. The van der Waals surface area contributed by atoms with Gasteiger partial charge in [-0.3, -0.25) is 4.98 Å². The normalized spacial score (nSPS) is 11.3. The molecule has 0 spiro atoms. The van der Waals surface area contributed by atoms with Crippen molar-refractivity contribution >= 4 is 28.9 Å². The predicted molar refractivity (Wildman–Crippen MR) is 125 cm³/mol. The second kappa shape index (κ2) is 9.38. The zero-order valence-electron chi connectivity index (χ0n) is 18.4. The topological polar surface area (TPSA) is 82.8 Å². The fraction of sp³-hybridized carbons (Fsp3) is 0.208. The van der Waals surface area contributed by atoms with Crippen molar-refractivity contribution in [1.29, 1.82) is 0 Å². The van der Waals surface area contributed by atoms with E-state index in [4.69, 9.17) is 19.3 Å². The molecule has 2 aromatic carbocycles. The molecule has 0 radical (unpaired) electrons. The van der Waals surface area contributed by atoms with Crippen LogP contribution in [-0.4, -0.2) is 34.0 Å². The number of ether oxygens (including phenoxy) is 2. The number of benzene rings is 2. The lowest BCUT2D eigenvalue weighted by Crippen LogP contribution is -2.06. The second-order valence-electron chi connectivity index (χ2n) is 7.40. The van der Waals surface area contributed by atoms with Gasteiger partial charge in [0.2, 0.25) is 5.95 Å². The average Bonchev–Trinajstić information content (AvgIpc) is 3.07. The van der Waals surface area contributed by atoms with Crippen LogP contribution in [0.25, 0.3) is 11.0 Å². The summed E-state index contributed by atoms with van der Waals surface area (Å²) in [7, 11) is 3.45. The maximum Gasteiger partial charge on any atom is 0.208 e. The first-order valence-corrected chi connectivity index (χ1v) is 10.2. The summed E-state index contributed by atoms with van der Waals surface area (Å²) in [4.78, 5) is 13.6. The third-order valence-corrected chi connectivity index (χ3v) is 4.59. The molecule has 0 amide bonds. The Labute approximate surface area is 186 Å². The van der Waals surface area contributed by atoms with Gasteiger partial charge in [0, 0.05) is 37.1 Å². The molecule has 0 aliphatic carbocycles. The van der Waals surface area contributed by atoms with Crippen LogP contribution in [0.4, 0.5) is 11.6 Å². The van der Waals surface area contributed by atoms with Crippen molar-refractivity contribution in [2.45, 2.75) is 20.0 Å². The van der Waals surface area contributed by atoms with Gasteiger partial charge in [-0.2, -0.15) is 0 Å². The number of hydrogen-bond donors (Lipinski definition) is 1. The van der Waals surface area contributed by atoms with Crippen LogP contribution in [0.5, 0.6) is 17.2 Å². The molecule has 0 saturated carbocycles. The Morgan fingerprint density at radius 1 is 1.03 bits per heavy atom. The third kappa shape index (κ3) is 4.97. The van der Waals surface area contributed by atoms with Gasteiger partial charge in [0.25, 0.3) is 0 Å². The van der Waals surface area contributed by atoms with Crippen molar-refractivity contribution in [1.82, 2.24) is 14.5 Å². The van der Waals surface area contributed by atoms with E-state index in [1.54, 1.807) is 18.3 Å². The zero-order valence-corrected chi connectivity index (χ0v) is 18.4. The Morgan fingerprint density at radius 3 is 2.69 bits per heavy atom. The van der Waals surface area contributed by atoms with Crippen molar-refractivity contribution in [3.05, 3.63) is 66.5 Å². The minimum atomic E-state index is 0.114. The first kappa shape index (κ1) is 21.2. The molecule has 0 atom stereocenters. The summed E-state index contributed by atoms with van der Waals surface area (Å²) in [5.74, 6) is 2.86.